The molecule has 1 aromatic heterocycles. The summed E-state index contributed by atoms with van der Waals surface area (Å²) in [5.41, 5.74) is -0.0967. The molecule has 2 heterocycles. The van der Waals surface area contributed by atoms with Gasteiger partial charge in [0.15, 0.2) is 5.96 Å². The number of hydrogen-bond donors (Lipinski definition) is 3. The Kier molecular flexibility index (Phi) is 6.00. The van der Waals surface area contributed by atoms with Gasteiger partial charge in [-0.25, -0.2) is 14.8 Å². The van der Waals surface area contributed by atoms with Crippen LogP contribution in [-0.2, 0) is 16.8 Å². The molecule has 25 heavy (non-hydrogen) atoms. The van der Waals surface area contributed by atoms with E-state index >= 15 is 0 Å². The maximum Gasteiger partial charge on any atom is 0.324 e. The minimum absolute atomic E-state index is 0.0628. The van der Waals surface area contributed by atoms with Crippen LogP contribution in [0.3, 0.4) is 0 Å². The summed E-state index contributed by atoms with van der Waals surface area (Å²) in [6, 6.07) is -0.358. The predicted molar refractivity (Wildman–Crippen MR) is 93.1 cm³/mol. The van der Waals surface area contributed by atoms with Crippen LogP contribution in [0.4, 0.5) is 4.79 Å². The average molecular weight is 350 g/mol. The SMILES string of the molecule is CCNC(=NCc1ncc(C(C)(C)C)o1)NCCN1C(=O)CNC1=O. The molecule has 0 spiro atoms. The number of carbonyl (C=O) groups excluding carboxylic acids is 2. The largest absolute Gasteiger partial charge is 0.443 e. The molecule has 0 aromatic carbocycles. The van der Waals surface area contributed by atoms with E-state index in [1.807, 2.05) is 6.92 Å². The third-order valence-corrected chi connectivity index (χ3v) is 3.57. The van der Waals surface area contributed by atoms with E-state index in [1.54, 1.807) is 6.20 Å². The monoisotopic (exact) mass is 350 g/mol. The van der Waals surface area contributed by atoms with Gasteiger partial charge < -0.3 is 20.4 Å². The molecular formula is C16H26N6O3. The molecule has 0 atom stereocenters. The summed E-state index contributed by atoms with van der Waals surface area (Å²) in [6.45, 7) is 9.87. The highest BCUT2D eigenvalue weighted by Crippen LogP contribution is 2.22. The molecule has 9 heteroatoms. The Hall–Kier alpha value is -2.58. The van der Waals surface area contributed by atoms with Crippen molar-refractivity contribution in [3.05, 3.63) is 17.8 Å². The minimum Gasteiger partial charge on any atom is -0.443 e. The zero-order valence-corrected chi connectivity index (χ0v) is 15.2. The van der Waals surface area contributed by atoms with Crippen LogP contribution in [-0.4, -0.2) is 54.0 Å². The summed E-state index contributed by atoms with van der Waals surface area (Å²) in [7, 11) is 0. The molecule has 3 amide bonds. The molecule has 3 N–H and O–H groups in total. The fourth-order valence-electron chi connectivity index (χ4n) is 2.19. The first-order valence-electron chi connectivity index (χ1n) is 8.37. The summed E-state index contributed by atoms with van der Waals surface area (Å²) < 4.78 is 5.71. The van der Waals surface area contributed by atoms with Crippen molar-refractivity contribution >= 4 is 17.9 Å². The van der Waals surface area contributed by atoms with Crippen molar-refractivity contribution in [1.82, 2.24) is 25.8 Å². The molecule has 0 radical (unpaired) electrons. The summed E-state index contributed by atoms with van der Waals surface area (Å²) in [5.74, 6) is 1.71. The number of hydrogen-bond acceptors (Lipinski definition) is 5. The van der Waals surface area contributed by atoms with Crippen molar-refractivity contribution in [1.29, 1.82) is 0 Å². The second-order valence-electron chi connectivity index (χ2n) is 6.69. The van der Waals surface area contributed by atoms with Crippen molar-refractivity contribution in [2.24, 2.45) is 4.99 Å². The predicted octanol–water partition coefficient (Wildman–Crippen LogP) is 0.579. The number of rotatable bonds is 6. The van der Waals surface area contributed by atoms with Crippen molar-refractivity contribution < 1.29 is 14.0 Å². The number of urea groups is 1. The van der Waals surface area contributed by atoms with Gasteiger partial charge in [-0.1, -0.05) is 20.8 Å². The number of guanidine groups is 1. The van der Waals surface area contributed by atoms with E-state index in [4.69, 9.17) is 4.42 Å². The van der Waals surface area contributed by atoms with E-state index in [2.05, 4.69) is 46.7 Å². The lowest BCUT2D eigenvalue weighted by Crippen LogP contribution is -2.43. The van der Waals surface area contributed by atoms with Crippen LogP contribution in [0.2, 0.25) is 0 Å². The molecular weight excluding hydrogens is 324 g/mol. The van der Waals surface area contributed by atoms with Crippen molar-refractivity contribution in [3.8, 4) is 0 Å². The molecule has 1 fully saturated rings. The highest BCUT2D eigenvalue weighted by Gasteiger charge is 2.27. The van der Waals surface area contributed by atoms with Crippen LogP contribution in [0.1, 0.15) is 39.3 Å². The molecule has 2 rings (SSSR count). The topological polar surface area (TPSA) is 112 Å². The average Bonchev–Trinajstić information content (AvgIpc) is 3.14. The lowest BCUT2D eigenvalue weighted by molar-refractivity contribution is -0.124. The van der Waals surface area contributed by atoms with Gasteiger partial charge in [0, 0.05) is 25.0 Å². The Balaban J connectivity index is 1.88. The highest BCUT2D eigenvalue weighted by atomic mass is 16.4. The number of oxazole rings is 1. The van der Waals surface area contributed by atoms with E-state index in [1.165, 1.54) is 4.90 Å². The maximum atomic E-state index is 11.5. The lowest BCUT2D eigenvalue weighted by atomic mass is 9.94. The van der Waals surface area contributed by atoms with Crippen LogP contribution in [0.25, 0.3) is 0 Å². The van der Waals surface area contributed by atoms with Gasteiger partial charge in [0.05, 0.1) is 12.7 Å². The van der Waals surface area contributed by atoms with Gasteiger partial charge in [0.1, 0.15) is 12.3 Å². The van der Waals surface area contributed by atoms with Crippen molar-refractivity contribution in [2.45, 2.75) is 39.7 Å². The third-order valence-electron chi connectivity index (χ3n) is 3.57. The molecule has 1 aliphatic heterocycles. The Labute approximate surface area is 147 Å². The Morgan fingerprint density at radius 1 is 1.40 bits per heavy atom. The number of nitrogens with one attached hydrogen (secondary N) is 3. The smallest absolute Gasteiger partial charge is 0.324 e. The number of imide groups is 1. The summed E-state index contributed by atoms with van der Waals surface area (Å²) in [5, 5.41) is 8.68. The van der Waals surface area contributed by atoms with E-state index in [0.29, 0.717) is 31.5 Å². The van der Waals surface area contributed by atoms with E-state index in [9.17, 15) is 9.59 Å². The van der Waals surface area contributed by atoms with Crippen LogP contribution in [0, 0.1) is 0 Å². The van der Waals surface area contributed by atoms with Crippen LogP contribution < -0.4 is 16.0 Å². The fraction of sp³-hybridized carbons (Fsp3) is 0.625. The number of nitrogens with zero attached hydrogens (tertiary/aromatic N) is 3. The molecule has 9 nitrogen and oxygen atoms in total. The van der Waals surface area contributed by atoms with E-state index < -0.39 is 0 Å². The van der Waals surface area contributed by atoms with Crippen LogP contribution in [0.5, 0.6) is 0 Å². The number of amides is 3. The van der Waals surface area contributed by atoms with Crippen LogP contribution >= 0.6 is 0 Å². The zero-order valence-electron chi connectivity index (χ0n) is 15.2. The Morgan fingerprint density at radius 2 is 2.16 bits per heavy atom. The first kappa shape index (κ1) is 18.8. The van der Waals surface area contributed by atoms with Gasteiger partial charge >= 0.3 is 6.03 Å². The number of aromatic nitrogens is 1. The Bertz CT molecular complexity index is 631. The molecule has 138 valence electrons. The molecule has 0 unspecified atom stereocenters. The minimum atomic E-state index is -0.358. The molecule has 1 aromatic rings. The van der Waals surface area contributed by atoms with Gasteiger partial charge in [-0.3, -0.25) is 9.69 Å². The lowest BCUT2D eigenvalue weighted by Gasteiger charge is -2.15. The summed E-state index contributed by atoms with van der Waals surface area (Å²) >= 11 is 0. The summed E-state index contributed by atoms with van der Waals surface area (Å²) in [6.07, 6.45) is 1.73. The van der Waals surface area contributed by atoms with Crippen LogP contribution in [0.15, 0.2) is 15.6 Å². The molecule has 1 aliphatic rings. The van der Waals surface area contributed by atoms with Gasteiger partial charge in [0.2, 0.25) is 11.8 Å². The highest BCUT2D eigenvalue weighted by molar-refractivity contribution is 6.01. The standard InChI is InChI=1S/C16H26N6O3/c1-5-17-14(18-6-7-22-13(23)10-21-15(22)24)20-9-12-19-8-11(25-12)16(2,3)4/h8H,5-7,9-10H2,1-4H3,(H,21,24)(H2,17,18,20). The normalized spacial score (nSPS) is 15.5. The molecule has 0 aliphatic carbocycles. The van der Waals surface area contributed by atoms with E-state index in [0.717, 1.165) is 5.76 Å². The Morgan fingerprint density at radius 3 is 2.72 bits per heavy atom. The molecule has 1 saturated heterocycles. The number of aliphatic imine (C=N–C) groups is 1. The van der Waals surface area contributed by atoms with Gasteiger partial charge in [0.25, 0.3) is 0 Å². The second kappa shape index (κ2) is 8.00. The second-order valence-corrected chi connectivity index (χ2v) is 6.69. The quantitative estimate of drug-likeness (QED) is 0.393. The van der Waals surface area contributed by atoms with Gasteiger partial charge in [-0.05, 0) is 6.92 Å². The first-order chi connectivity index (χ1) is 11.8. The van der Waals surface area contributed by atoms with Gasteiger partial charge in [-0.15, -0.1) is 0 Å². The fourth-order valence-corrected chi connectivity index (χ4v) is 2.19. The molecule has 0 bridgehead atoms. The third kappa shape index (κ3) is 5.20. The first-order valence-corrected chi connectivity index (χ1v) is 8.37. The molecule has 0 saturated carbocycles. The van der Waals surface area contributed by atoms with Crippen molar-refractivity contribution in [3.63, 3.8) is 0 Å². The summed E-state index contributed by atoms with van der Waals surface area (Å²) in [4.78, 5) is 32.8. The van der Waals surface area contributed by atoms with E-state index in [-0.39, 0.29) is 30.4 Å². The maximum absolute atomic E-state index is 11.5. The zero-order chi connectivity index (χ0) is 18.4. The number of carbonyl (C=O) groups is 2. The van der Waals surface area contributed by atoms with Crippen molar-refractivity contribution in [2.75, 3.05) is 26.2 Å². The van der Waals surface area contributed by atoms with Gasteiger partial charge in [-0.2, -0.15) is 0 Å².